The molecule has 0 heterocycles. The maximum atomic E-state index is 11.7. The fourth-order valence-electron chi connectivity index (χ4n) is 5.63. The molecular weight excluding hydrogens is 388 g/mol. The van der Waals surface area contributed by atoms with Crippen LogP contribution in [0.15, 0.2) is 60.4 Å². The van der Waals surface area contributed by atoms with Gasteiger partial charge < -0.3 is 0 Å². The summed E-state index contributed by atoms with van der Waals surface area (Å²) in [6.07, 6.45) is 19.7. The van der Waals surface area contributed by atoms with Crippen LogP contribution in [0.25, 0.3) is 16.7 Å². The molecule has 2 aromatic rings. The molecule has 2 aliphatic carbocycles. The number of fused-ring (bicyclic) bond motifs is 3. The molecule has 0 saturated carbocycles. The molecule has 4 rings (SSSR count). The van der Waals surface area contributed by atoms with Gasteiger partial charge in [0.2, 0.25) is 0 Å². The minimum atomic E-state index is 0.00771. The Morgan fingerprint density at radius 3 is 2.06 bits per heavy atom. The third-order valence-corrected chi connectivity index (χ3v) is 7.34. The average Bonchev–Trinajstić information content (AvgIpc) is 3.45. The van der Waals surface area contributed by atoms with Crippen molar-refractivity contribution in [2.24, 2.45) is 0 Å². The van der Waals surface area contributed by atoms with E-state index in [4.69, 9.17) is 0 Å². The van der Waals surface area contributed by atoms with Crippen molar-refractivity contribution in [2.75, 3.05) is 0 Å². The second kappa shape index (κ2) is 10.3. The zero-order valence-electron chi connectivity index (χ0n) is 19.8. The van der Waals surface area contributed by atoms with Crippen molar-refractivity contribution in [3.63, 3.8) is 0 Å². The molecule has 0 saturated heterocycles. The van der Waals surface area contributed by atoms with Crippen LogP contribution in [0, 0.1) is 0 Å². The van der Waals surface area contributed by atoms with Crippen LogP contribution in [0.1, 0.15) is 105 Å². The lowest BCUT2D eigenvalue weighted by Gasteiger charge is -2.33. The van der Waals surface area contributed by atoms with E-state index < -0.39 is 0 Å². The highest BCUT2D eigenvalue weighted by Gasteiger charge is 2.42. The Kier molecular flexibility index (Phi) is 7.28. The summed E-state index contributed by atoms with van der Waals surface area (Å²) in [5, 5.41) is 0. The molecular formula is C31H36O. The number of carbonyl (C=O) groups is 1. The molecule has 0 atom stereocenters. The van der Waals surface area contributed by atoms with Crippen molar-refractivity contribution in [1.82, 2.24) is 0 Å². The van der Waals surface area contributed by atoms with Crippen molar-refractivity contribution in [3.05, 3.63) is 82.6 Å². The van der Waals surface area contributed by atoms with Crippen molar-refractivity contribution >= 4 is 11.9 Å². The first kappa shape index (κ1) is 22.6. The topological polar surface area (TPSA) is 17.1 Å². The number of aldehydes is 1. The highest BCUT2D eigenvalue weighted by atomic mass is 16.1. The summed E-state index contributed by atoms with van der Waals surface area (Å²) in [6, 6.07) is 13.3. The van der Waals surface area contributed by atoms with Gasteiger partial charge in [0.15, 0.2) is 0 Å². The van der Waals surface area contributed by atoms with E-state index >= 15 is 0 Å². The molecule has 0 spiro atoms. The molecule has 32 heavy (non-hydrogen) atoms. The molecule has 0 fully saturated rings. The summed E-state index contributed by atoms with van der Waals surface area (Å²) in [6.45, 7) is 4.55. The number of benzene rings is 2. The van der Waals surface area contributed by atoms with Gasteiger partial charge in [-0.2, -0.15) is 0 Å². The van der Waals surface area contributed by atoms with Gasteiger partial charge in [-0.3, -0.25) is 4.79 Å². The first-order valence-corrected chi connectivity index (χ1v) is 12.6. The van der Waals surface area contributed by atoms with Crippen LogP contribution in [0.3, 0.4) is 0 Å². The van der Waals surface area contributed by atoms with E-state index in [2.05, 4.69) is 62.1 Å². The van der Waals surface area contributed by atoms with Gasteiger partial charge in [0.25, 0.3) is 0 Å². The maximum absolute atomic E-state index is 11.7. The van der Waals surface area contributed by atoms with Crippen molar-refractivity contribution < 1.29 is 4.79 Å². The SMILES string of the molecule is CCCCCCC1(CCCCCC)c2cc(C=O)ccc2-c2ccc(C3=C=CC=C3)cc21. The number of hydrogen-bond donors (Lipinski definition) is 0. The minimum absolute atomic E-state index is 0.00771. The van der Waals surface area contributed by atoms with Crippen LogP contribution >= 0.6 is 0 Å². The first-order chi connectivity index (χ1) is 15.7. The lowest BCUT2D eigenvalue weighted by molar-refractivity contribution is 0.112. The molecule has 1 nitrogen and oxygen atoms in total. The summed E-state index contributed by atoms with van der Waals surface area (Å²) in [5.74, 6) is 0. The Balaban J connectivity index is 1.82. The van der Waals surface area contributed by atoms with E-state index in [0.717, 1.165) is 24.7 Å². The smallest absolute Gasteiger partial charge is 0.150 e. The predicted molar refractivity (Wildman–Crippen MR) is 136 cm³/mol. The van der Waals surface area contributed by atoms with Gasteiger partial charge in [-0.1, -0.05) is 95.6 Å². The number of unbranched alkanes of at least 4 members (excludes halogenated alkanes) is 6. The van der Waals surface area contributed by atoms with Crippen LogP contribution in [-0.2, 0) is 5.41 Å². The Labute approximate surface area is 194 Å². The molecule has 1 heteroatoms. The number of rotatable bonds is 12. The highest BCUT2D eigenvalue weighted by molar-refractivity contribution is 5.87. The van der Waals surface area contributed by atoms with E-state index in [1.54, 1.807) is 0 Å². The number of hydrogen-bond acceptors (Lipinski definition) is 1. The van der Waals surface area contributed by atoms with Crippen LogP contribution in [0.2, 0.25) is 0 Å². The van der Waals surface area contributed by atoms with Gasteiger partial charge in [-0.15, -0.1) is 5.73 Å². The van der Waals surface area contributed by atoms with Gasteiger partial charge in [-0.05, 0) is 64.9 Å². The molecule has 0 bridgehead atoms. The van der Waals surface area contributed by atoms with Gasteiger partial charge >= 0.3 is 0 Å². The quantitative estimate of drug-likeness (QED) is 0.189. The first-order valence-electron chi connectivity index (χ1n) is 12.6. The largest absolute Gasteiger partial charge is 0.298 e. The molecule has 2 aromatic carbocycles. The number of allylic oxidation sites excluding steroid dienone is 3. The lowest BCUT2D eigenvalue weighted by Crippen LogP contribution is -2.26. The van der Waals surface area contributed by atoms with Gasteiger partial charge in [0.1, 0.15) is 6.29 Å². The molecule has 0 amide bonds. The third-order valence-electron chi connectivity index (χ3n) is 7.34. The standard InChI is InChI=1S/C31H36O/c1-3-5-7-11-19-31(20-12-8-6-4-2)29-21-24(23-32)15-17-27(29)28-18-16-26(22-30(28)31)25-13-9-10-14-25/h9-10,13,15-18,21-23H,3-8,11-12,19-20H2,1-2H3. The second-order valence-electron chi connectivity index (χ2n) is 9.47. The van der Waals surface area contributed by atoms with E-state index in [0.29, 0.717) is 0 Å². The second-order valence-corrected chi connectivity index (χ2v) is 9.47. The summed E-state index contributed by atoms with van der Waals surface area (Å²) in [7, 11) is 0. The van der Waals surface area contributed by atoms with Crippen molar-refractivity contribution in [1.29, 1.82) is 0 Å². The normalized spacial score (nSPS) is 15.0. The van der Waals surface area contributed by atoms with Gasteiger partial charge in [0, 0.05) is 16.6 Å². The monoisotopic (exact) mass is 424 g/mol. The van der Waals surface area contributed by atoms with E-state index in [-0.39, 0.29) is 5.41 Å². The van der Waals surface area contributed by atoms with Gasteiger partial charge in [0.05, 0.1) is 0 Å². The average molecular weight is 425 g/mol. The molecule has 2 aliphatic rings. The van der Waals surface area contributed by atoms with Crippen molar-refractivity contribution in [3.8, 4) is 11.1 Å². The summed E-state index contributed by atoms with van der Waals surface area (Å²) in [5.41, 5.74) is 12.2. The Hall–Kier alpha value is -2.63. The Morgan fingerprint density at radius 1 is 0.812 bits per heavy atom. The van der Waals surface area contributed by atoms with Crippen LogP contribution in [0.4, 0.5) is 0 Å². The van der Waals surface area contributed by atoms with Crippen LogP contribution in [0.5, 0.6) is 0 Å². The maximum Gasteiger partial charge on any atom is 0.150 e. The van der Waals surface area contributed by atoms with E-state index in [1.807, 2.05) is 12.1 Å². The summed E-state index contributed by atoms with van der Waals surface area (Å²) in [4.78, 5) is 11.7. The fraction of sp³-hybridized carbons (Fsp3) is 0.419. The molecule has 0 aliphatic heterocycles. The third kappa shape index (κ3) is 4.32. The molecule has 166 valence electrons. The summed E-state index contributed by atoms with van der Waals surface area (Å²) < 4.78 is 0. The van der Waals surface area contributed by atoms with Crippen molar-refractivity contribution in [2.45, 2.75) is 83.5 Å². The van der Waals surface area contributed by atoms with E-state index in [9.17, 15) is 4.79 Å². The van der Waals surface area contributed by atoms with Crippen LogP contribution in [-0.4, -0.2) is 6.29 Å². The molecule has 0 unspecified atom stereocenters. The van der Waals surface area contributed by atoms with Crippen LogP contribution < -0.4 is 0 Å². The number of carbonyl (C=O) groups excluding carboxylic acids is 1. The minimum Gasteiger partial charge on any atom is -0.298 e. The molecule has 0 aromatic heterocycles. The lowest BCUT2D eigenvalue weighted by atomic mass is 9.70. The zero-order chi connectivity index (χ0) is 22.4. The Morgan fingerprint density at radius 2 is 1.47 bits per heavy atom. The molecule has 0 radical (unpaired) electrons. The Bertz CT molecular complexity index is 1050. The molecule has 0 N–H and O–H groups in total. The van der Waals surface area contributed by atoms with Gasteiger partial charge in [-0.25, -0.2) is 0 Å². The van der Waals surface area contributed by atoms with E-state index in [1.165, 1.54) is 84.8 Å². The summed E-state index contributed by atoms with van der Waals surface area (Å²) >= 11 is 0. The highest BCUT2D eigenvalue weighted by Crippen LogP contribution is 2.55. The fourth-order valence-corrected chi connectivity index (χ4v) is 5.63. The predicted octanol–water partition coefficient (Wildman–Crippen LogP) is 8.81. The zero-order valence-corrected chi connectivity index (χ0v) is 19.8.